The van der Waals surface area contributed by atoms with Crippen LogP contribution >= 0.6 is 0 Å². The molecule has 0 fully saturated rings. The highest BCUT2D eigenvalue weighted by atomic mass is 14.4. The van der Waals surface area contributed by atoms with Crippen LogP contribution in [0.5, 0.6) is 0 Å². The molecule has 1 nitrogen and oxygen atoms in total. The number of hydrogen-bond acceptors (Lipinski definition) is 1. The van der Waals surface area contributed by atoms with Crippen LogP contribution in [0.1, 0.15) is 26.7 Å². The SMILES string of the molecule is C/C=C\C=C/C(=N)CCC. The summed E-state index contributed by atoms with van der Waals surface area (Å²) >= 11 is 0. The summed E-state index contributed by atoms with van der Waals surface area (Å²) in [5.41, 5.74) is 0.709. The van der Waals surface area contributed by atoms with E-state index in [1.807, 2.05) is 31.2 Å². The van der Waals surface area contributed by atoms with Gasteiger partial charge in [-0.3, -0.25) is 0 Å². The Morgan fingerprint density at radius 3 is 2.60 bits per heavy atom. The first-order chi connectivity index (χ1) is 4.81. The fourth-order valence-corrected chi connectivity index (χ4v) is 0.635. The quantitative estimate of drug-likeness (QED) is 0.455. The summed E-state index contributed by atoms with van der Waals surface area (Å²) in [6.45, 7) is 4.05. The predicted molar refractivity (Wildman–Crippen MR) is 46.6 cm³/mol. The van der Waals surface area contributed by atoms with Crippen molar-refractivity contribution in [1.82, 2.24) is 0 Å². The highest BCUT2D eigenvalue weighted by Gasteiger charge is 1.84. The van der Waals surface area contributed by atoms with Crippen LogP contribution in [0.4, 0.5) is 0 Å². The monoisotopic (exact) mass is 137 g/mol. The van der Waals surface area contributed by atoms with E-state index in [0.717, 1.165) is 12.8 Å². The molecule has 0 aromatic heterocycles. The Morgan fingerprint density at radius 2 is 2.10 bits per heavy atom. The van der Waals surface area contributed by atoms with Gasteiger partial charge < -0.3 is 5.41 Å². The number of hydrogen-bond donors (Lipinski definition) is 1. The maximum atomic E-state index is 7.35. The number of rotatable bonds is 4. The Hall–Kier alpha value is -0.850. The molecular weight excluding hydrogens is 122 g/mol. The van der Waals surface area contributed by atoms with Crippen molar-refractivity contribution < 1.29 is 0 Å². The standard InChI is InChI=1S/C9H15N/c1-3-5-6-8-9(10)7-4-2/h3,5-6,8,10H,4,7H2,1-2H3/b5-3-,8-6-,10-9?. The first-order valence-electron chi connectivity index (χ1n) is 3.68. The van der Waals surface area contributed by atoms with E-state index < -0.39 is 0 Å². The molecule has 0 aromatic carbocycles. The van der Waals surface area contributed by atoms with Gasteiger partial charge in [-0.25, -0.2) is 0 Å². The third-order valence-corrected chi connectivity index (χ3v) is 1.12. The van der Waals surface area contributed by atoms with Gasteiger partial charge in [0.25, 0.3) is 0 Å². The van der Waals surface area contributed by atoms with Crippen LogP contribution in [0.3, 0.4) is 0 Å². The van der Waals surface area contributed by atoms with Crippen LogP contribution in [-0.4, -0.2) is 5.71 Å². The molecule has 1 heteroatoms. The van der Waals surface area contributed by atoms with E-state index in [2.05, 4.69) is 6.92 Å². The van der Waals surface area contributed by atoms with Gasteiger partial charge in [-0.2, -0.15) is 0 Å². The lowest BCUT2D eigenvalue weighted by molar-refractivity contribution is 0.990. The van der Waals surface area contributed by atoms with Crippen molar-refractivity contribution in [2.24, 2.45) is 0 Å². The van der Waals surface area contributed by atoms with Crippen LogP contribution in [0.15, 0.2) is 24.3 Å². The summed E-state index contributed by atoms with van der Waals surface area (Å²) in [6.07, 6.45) is 9.56. The molecule has 0 heterocycles. The Bertz CT molecular complexity index is 143. The van der Waals surface area contributed by atoms with Gasteiger partial charge in [0.15, 0.2) is 0 Å². The molecule has 56 valence electrons. The molecule has 0 atom stereocenters. The Labute approximate surface area is 63.0 Å². The molecule has 10 heavy (non-hydrogen) atoms. The minimum atomic E-state index is 0.709. The second-order valence-corrected chi connectivity index (χ2v) is 2.16. The van der Waals surface area contributed by atoms with Gasteiger partial charge in [-0.05, 0) is 19.4 Å². The number of allylic oxidation sites excluding steroid dienone is 4. The lowest BCUT2D eigenvalue weighted by Gasteiger charge is -1.89. The Kier molecular flexibility index (Phi) is 5.74. The molecule has 0 saturated heterocycles. The van der Waals surface area contributed by atoms with Gasteiger partial charge in [-0.1, -0.05) is 31.6 Å². The van der Waals surface area contributed by atoms with Crippen molar-refractivity contribution in [3.05, 3.63) is 24.3 Å². The Morgan fingerprint density at radius 1 is 1.40 bits per heavy atom. The molecule has 0 bridgehead atoms. The van der Waals surface area contributed by atoms with Gasteiger partial charge in [-0.15, -0.1) is 0 Å². The second-order valence-electron chi connectivity index (χ2n) is 2.16. The first kappa shape index (κ1) is 9.15. The molecule has 0 aliphatic heterocycles. The predicted octanol–water partition coefficient (Wildman–Crippen LogP) is 2.94. The normalized spacial score (nSPS) is 11.4. The van der Waals surface area contributed by atoms with E-state index in [1.54, 1.807) is 0 Å². The zero-order valence-electron chi connectivity index (χ0n) is 6.72. The van der Waals surface area contributed by atoms with E-state index in [9.17, 15) is 0 Å². The van der Waals surface area contributed by atoms with Crippen molar-refractivity contribution in [2.75, 3.05) is 0 Å². The first-order valence-corrected chi connectivity index (χ1v) is 3.68. The number of nitrogens with one attached hydrogen (secondary N) is 1. The summed E-state index contributed by atoms with van der Waals surface area (Å²) in [4.78, 5) is 0. The molecule has 0 radical (unpaired) electrons. The van der Waals surface area contributed by atoms with Crippen molar-refractivity contribution in [1.29, 1.82) is 5.41 Å². The zero-order chi connectivity index (χ0) is 7.82. The summed E-state index contributed by atoms with van der Waals surface area (Å²) in [6, 6.07) is 0. The lowest BCUT2D eigenvalue weighted by atomic mass is 10.2. The minimum Gasteiger partial charge on any atom is -0.305 e. The minimum absolute atomic E-state index is 0.709. The van der Waals surface area contributed by atoms with Crippen molar-refractivity contribution in [3.8, 4) is 0 Å². The van der Waals surface area contributed by atoms with Crippen molar-refractivity contribution in [3.63, 3.8) is 0 Å². The molecule has 0 unspecified atom stereocenters. The summed E-state index contributed by atoms with van der Waals surface area (Å²) < 4.78 is 0. The molecule has 0 amide bonds. The average Bonchev–Trinajstić information content (AvgIpc) is 1.89. The van der Waals surface area contributed by atoms with Gasteiger partial charge in [0.2, 0.25) is 0 Å². The van der Waals surface area contributed by atoms with E-state index >= 15 is 0 Å². The fraction of sp³-hybridized carbons (Fsp3) is 0.444. The summed E-state index contributed by atoms with van der Waals surface area (Å²) in [5.74, 6) is 0. The van der Waals surface area contributed by atoms with Crippen LogP contribution in [0.2, 0.25) is 0 Å². The van der Waals surface area contributed by atoms with Crippen molar-refractivity contribution in [2.45, 2.75) is 26.7 Å². The molecule has 1 N–H and O–H groups in total. The topological polar surface area (TPSA) is 23.9 Å². The lowest BCUT2D eigenvalue weighted by Crippen LogP contribution is -1.87. The Balaban J connectivity index is 3.56. The van der Waals surface area contributed by atoms with Gasteiger partial charge in [0.05, 0.1) is 0 Å². The van der Waals surface area contributed by atoms with Gasteiger partial charge in [0.1, 0.15) is 0 Å². The van der Waals surface area contributed by atoms with Crippen LogP contribution in [0, 0.1) is 5.41 Å². The molecule has 0 spiro atoms. The van der Waals surface area contributed by atoms with E-state index in [0.29, 0.717) is 5.71 Å². The molecular formula is C9H15N. The van der Waals surface area contributed by atoms with Crippen LogP contribution in [0.25, 0.3) is 0 Å². The molecule has 0 aliphatic carbocycles. The molecule has 0 aliphatic rings. The fourth-order valence-electron chi connectivity index (χ4n) is 0.635. The highest BCUT2D eigenvalue weighted by Crippen LogP contribution is 1.91. The van der Waals surface area contributed by atoms with Crippen LogP contribution < -0.4 is 0 Å². The van der Waals surface area contributed by atoms with E-state index in [1.165, 1.54) is 0 Å². The van der Waals surface area contributed by atoms with Crippen LogP contribution in [-0.2, 0) is 0 Å². The van der Waals surface area contributed by atoms with Gasteiger partial charge >= 0.3 is 0 Å². The molecule has 0 saturated carbocycles. The summed E-state index contributed by atoms with van der Waals surface area (Å²) in [7, 11) is 0. The van der Waals surface area contributed by atoms with Crippen molar-refractivity contribution >= 4 is 5.71 Å². The zero-order valence-corrected chi connectivity index (χ0v) is 6.72. The summed E-state index contributed by atoms with van der Waals surface area (Å²) in [5, 5.41) is 7.35. The van der Waals surface area contributed by atoms with Gasteiger partial charge in [0, 0.05) is 5.71 Å². The second kappa shape index (κ2) is 6.27. The third-order valence-electron chi connectivity index (χ3n) is 1.12. The highest BCUT2D eigenvalue weighted by molar-refractivity contribution is 5.92. The maximum Gasteiger partial charge on any atom is 0.0313 e. The smallest absolute Gasteiger partial charge is 0.0313 e. The van der Waals surface area contributed by atoms with E-state index in [-0.39, 0.29) is 0 Å². The maximum absolute atomic E-state index is 7.35. The molecule has 0 aromatic rings. The average molecular weight is 137 g/mol. The largest absolute Gasteiger partial charge is 0.305 e. The van der Waals surface area contributed by atoms with E-state index in [4.69, 9.17) is 5.41 Å². The molecule has 0 rings (SSSR count). The third kappa shape index (κ3) is 5.29.